The number of hydrogen-bond donors (Lipinski definition) is 0. The van der Waals surface area contributed by atoms with Gasteiger partial charge in [0.25, 0.3) is 0 Å². The maximum Gasteiger partial charge on any atom is 0.158 e. The zero-order valence-corrected chi connectivity index (χ0v) is 10.5. The Morgan fingerprint density at radius 3 is 1.94 bits per heavy atom. The highest BCUT2D eigenvalue weighted by Gasteiger charge is 2.20. The number of carbonyl (C=O) groups excluding carboxylic acids is 2. The first-order chi connectivity index (χ1) is 7.41. The molecule has 0 bridgehead atoms. The van der Waals surface area contributed by atoms with E-state index in [0.29, 0.717) is 11.8 Å². The van der Waals surface area contributed by atoms with E-state index in [0.717, 1.165) is 6.42 Å². The molecule has 3 atom stereocenters. The molecule has 0 saturated heterocycles. The van der Waals surface area contributed by atoms with Crippen molar-refractivity contribution in [1.29, 1.82) is 0 Å². The highest BCUT2D eigenvalue weighted by molar-refractivity contribution is 5.94. The molecule has 0 radical (unpaired) electrons. The molecule has 3 unspecified atom stereocenters. The highest BCUT2D eigenvalue weighted by atomic mass is 16.1. The maximum absolute atomic E-state index is 10.7. The van der Waals surface area contributed by atoms with Crippen LogP contribution >= 0.6 is 0 Å². The summed E-state index contributed by atoms with van der Waals surface area (Å²) in [4.78, 5) is 21.3. The molecular weight excluding hydrogens is 200 g/mol. The summed E-state index contributed by atoms with van der Waals surface area (Å²) in [5.74, 6) is 1.76. The number of allylic oxidation sites excluding steroid dienone is 4. The molecule has 0 aromatic carbocycles. The molecule has 16 heavy (non-hydrogen) atoms. The van der Waals surface area contributed by atoms with E-state index in [-0.39, 0.29) is 17.5 Å². The third kappa shape index (κ3) is 3.16. The normalized spacial score (nSPS) is 32.5. The lowest BCUT2D eigenvalue weighted by molar-refractivity contribution is -0.117. The van der Waals surface area contributed by atoms with Crippen LogP contribution in [-0.4, -0.2) is 11.6 Å². The Bertz CT molecular complexity index is 350. The van der Waals surface area contributed by atoms with E-state index < -0.39 is 0 Å². The summed E-state index contributed by atoms with van der Waals surface area (Å²) < 4.78 is 0. The fourth-order valence-corrected chi connectivity index (χ4v) is 1.74. The molecule has 2 aliphatic rings. The summed E-state index contributed by atoms with van der Waals surface area (Å²) in [5.41, 5.74) is 1.23. The second-order valence-electron chi connectivity index (χ2n) is 4.87. The van der Waals surface area contributed by atoms with Crippen LogP contribution in [-0.2, 0) is 9.59 Å². The van der Waals surface area contributed by atoms with Gasteiger partial charge in [-0.05, 0) is 30.9 Å². The average molecular weight is 220 g/mol. The van der Waals surface area contributed by atoms with Crippen molar-refractivity contribution < 1.29 is 9.59 Å². The van der Waals surface area contributed by atoms with Gasteiger partial charge in [0.2, 0.25) is 0 Å². The summed E-state index contributed by atoms with van der Waals surface area (Å²) in [6.45, 7) is 8.12. The molecule has 0 aliphatic heterocycles. The standard InChI is InChI=1S/2C7H10O/c1-5-3-7(8)4-6(5)2;1-5-3-4-7(8)6(5)2/h3,6H,4H2,1-2H3;3-6H,1-2H3. The van der Waals surface area contributed by atoms with Gasteiger partial charge in [-0.3, -0.25) is 9.59 Å². The lowest BCUT2D eigenvalue weighted by Gasteiger charge is -2.03. The van der Waals surface area contributed by atoms with Crippen molar-refractivity contribution in [3.05, 3.63) is 23.8 Å². The van der Waals surface area contributed by atoms with Gasteiger partial charge >= 0.3 is 0 Å². The van der Waals surface area contributed by atoms with Crippen LogP contribution in [0, 0.1) is 17.8 Å². The van der Waals surface area contributed by atoms with Crippen molar-refractivity contribution in [2.75, 3.05) is 0 Å². The van der Waals surface area contributed by atoms with E-state index in [1.165, 1.54) is 5.57 Å². The van der Waals surface area contributed by atoms with Crippen LogP contribution in [0.4, 0.5) is 0 Å². The summed E-state index contributed by atoms with van der Waals surface area (Å²) >= 11 is 0. The Labute approximate surface area is 97.4 Å². The van der Waals surface area contributed by atoms with Crippen molar-refractivity contribution in [1.82, 2.24) is 0 Å². The van der Waals surface area contributed by atoms with Crippen LogP contribution in [0.15, 0.2) is 23.8 Å². The zero-order chi connectivity index (χ0) is 12.3. The predicted octanol–water partition coefficient (Wildman–Crippen LogP) is 2.94. The van der Waals surface area contributed by atoms with Gasteiger partial charge in [-0.2, -0.15) is 0 Å². The number of ketones is 2. The average Bonchev–Trinajstić information content (AvgIpc) is 2.65. The molecule has 0 amide bonds. The molecule has 2 nitrogen and oxygen atoms in total. The fourth-order valence-electron chi connectivity index (χ4n) is 1.74. The van der Waals surface area contributed by atoms with Crippen LogP contribution in [0.5, 0.6) is 0 Å². The molecule has 2 rings (SSSR count). The van der Waals surface area contributed by atoms with Crippen LogP contribution in [0.2, 0.25) is 0 Å². The van der Waals surface area contributed by atoms with Gasteiger partial charge in [-0.15, -0.1) is 0 Å². The topological polar surface area (TPSA) is 34.1 Å². The molecule has 0 fully saturated rings. The van der Waals surface area contributed by atoms with Gasteiger partial charge in [-0.25, -0.2) is 0 Å². The van der Waals surface area contributed by atoms with Gasteiger partial charge in [0.1, 0.15) is 0 Å². The molecule has 0 saturated carbocycles. The Balaban J connectivity index is 0.000000160. The minimum atomic E-state index is 0.231. The SMILES string of the molecule is CC1=CC(=O)CC1C.CC1C=CC(=O)C1C. The summed E-state index contributed by atoms with van der Waals surface area (Å²) in [7, 11) is 0. The molecule has 0 aromatic rings. The van der Waals surface area contributed by atoms with Gasteiger partial charge in [0.05, 0.1) is 0 Å². The zero-order valence-electron chi connectivity index (χ0n) is 10.5. The number of carbonyl (C=O) groups is 2. The Morgan fingerprint density at radius 1 is 1.19 bits per heavy atom. The summed E-state index contributed by atoms with van der Waals surface area (Å²) in [6.07, 6.45) is 6.11. The molecule has 2 heteroatoms. The summed E-state index contributed by atoms with van der Waals surface area (Å²) in [6, 6.07) is 0. The first-order valence-electron chi connectivity index (χ1n) is 5.85. The summed E-state index contributed by atoms with van der Waals surface area (Å²) in [5, 5.41) is 0. The van der Waals surface area contributed by atoms with Crippen molar-refractivity contribution in [2.24, 2.45) is 17.8 Å². The van der Waals surface area contributed by atoms with E-state index in [4.69, 9.17) is 0 Å². The third-order valence-electron chi connectivity index (χ3n) is 3.47. The van der Waals surface area contributed by atoms with E-state index in [1.54, 1.807) is 12.2 Å². The van der Waals surface area contributed by atoms with Crippen molar-refractivity contribution >= 4 is 11.6 Å². The van der Waals surface area contributed by atoms with Crippen molar-refractivity contribution in [3.8, 4) is 0 Å². The minimum absolute atomic E-state index is 0.231. The van der Waals surface area contributed by atoms with Crippen molar-refractivity contribution in [3.63, 3.8) is 0 Å². The van der Waals surface area contributed by atoms with Crippen LogP contribution in [0.25, 0.3) is 0 Å². The second kappa shape index (κ2) is 5.24. The Kier molecular flexibility index (Phi) is 4.22. The molecular formula is C14H20O2. The van der Waals surface area contributed by atoms with Crippen LogP contribution < -0.4 is 0 Å². The van der Waals surface area contributed by atoms with Crippen molar-refractivity contribution in [2.45, 2.75) is 34.1 Å². The lowest BCUT2D eigenvalue weighted by Crippen LogP contribution is -2.07. The number of hydrogen-bond acceptors (Lipinski definition) is 2. The minimum Gasteiger partial charge on any atom is -0.295 e. The van der Waals surface area contributed by atoms with Gasteiger partial charge in [0.15, 0.2) is 11.6 Å². The smallest absolute Gasteiger partial charge is 0.158 e. The van der Waals surface area contributed by atoms with Crippen LogP contribution in [0.3, 0.4) is 0 Å². The van der Waals surface area contributed by atoms with Gasteiger partial charge in [0, 0.05) is 12.3 Å². The van der Waals surface area contributed by atoms with Crippen LogP contribution in [0.1, 0.15) is 34.1 Å². The predicted molar refractivity (Wildman–Crippen MR) is 65.0 cm³/mol. The molecule has 2 aliphatic carbocycles. The second-order valence-corrected chi connectivity index (χ2v) is 4.87. The van der Waals surface area contributed by atoms with Gasteiger partial charge in [-0.1, -0.05) is 32.4 Å². The lowest BCUT2D eigenvalue weighted by atomic mass is 10.00. The molecule has 0 heterocycles. The van der Waals surface area contributed by atoms with E-state index in [9.17, 15) is 9.59 Å². The molecule has 88 valence electrons. The Hall–Kier alpha value is -1.18. The quantitative estimate of drug-likeness (QED) is 0.629. The highest BCUT2D eigenvalue weighted by Crippen LogP contribution is 2.21. The largest absolute Gasteiger partial charge is 0.295 e. The first-order valence-corrected chi connectivity index (χ1v) is 5.85. The van der Waals surface area contributed by atoms with E-state index in [2.05, 4.69) is 13.8 Å². The molecule has 0 spiro atoms. The number of rotatable bonds is 0. The maximum atomic E-state index is 10.7. The first kappa shape index (κ1) is 12.9. The molecule has 0 aromatic heterocycles. The Morgan fingerprint density at radius 2 is 1.81 bits per heavy atom. The third-order valence-corrected chi connectivity index (χ3v) is 3.47. The monoisotopic (exact) mass is 220 g/mol. The van der Waals surface area contributed by atoms with Gasteiger partial charge < -0.3 is 0 Å². The molecule has 0 N–H and O–H groups in total. The van der Waals surface area contributed by atoms with E-state index in [1.807, 2.05) is 19.9 Å². The van der Waals surface area contributed by atoms with E-state index >= 15 is 0 Å². The fraction of sp³-hybridized carbons (Fsp3) is 0.571.